The zero-order chi connectivity index (χ0) is 21.1. The Morgan fingerprint density at radius 3 is 2.69 bits per heavy atom. The number of aromatic amines is 1. The van der Waals surface area contributed by atoms with Gasteiger partial charge in [-0.2, -0.15) is 0 Å². The van der Waals surface area contributed by atoms with Crippen LogP contribution in [0.15, 0.2) is 36.7 Å². The average Bonchev–Trinajstić information content (AvgIpc) is 3.17. The van der Waals surface area contributed by atoms with Crippen LogP contribution in [-0.2, 0) is 0 Å². The molecule has 2 heterocycles. The van der Waals surface area contributed by atoms with E-state index in [2.05, 4.69) is 20.3 Å². The summed E-state index contributed by atoms with van der Waals surface area (Å²) in [5, 5.41) is 3.14. The number of hydrogen-bond donors (Lipinski definition) is 4. The van der Waals surface area contributed by atoms with E-state index in [1.807, 2.05) is 19.9 Å². The quantitative estimate of drug-likeness (QED) is 0.490. The van der Waals surface area contributed by atoms with Crippen molar-refractivity contribution in [3.8, 4) is 11.3 Å². The monoisotopic (exact) mass is 416 g/mol. The van der Waals surface area contributed by atoms with Crippen LogP contribution in [0.1, 0.15) is 47.4 Å². The van der Waals surface area contributed by atoms with Crippen molar-refractivity contribution < 1.29 is 9.18 Å². The normalized spacial score (nSPS) is 12.2. The van der Waals surface area contributed by atoms with Crippen molar-refractivity contribution in [2.45, 2.75) is 25.8 Å². The van der Waals surface area contributed by atoms with Gasteiger partial charge in [-0.15, -0.1) is 0 Å². The first kappa shape index (κ1) is 20.8. The maximum Gasteiger partial charge on any atom is 0.268 e. The molecule has 1 aromatic carbocycles. The number of nitrogens with two attached hydrogens (primary N) is 2. The number of carbonyl (C=O) groups is 1. The Kier molecular flexibility index (Phi) is 6.14. The van der Waals surface area contributed by atoms with Crippen molar-refractivity contribution in [3.63, 3.8) is 0 Å². The molecule has 3 rings (SSSR count). The number of aromatic nitrogens is 3. The first-order chi connectivity index (χ1) is 13.8. The van der Waals surface area contributed by atoms with Crippen molar-refractivity contribution in [2.24, 2.45) is 5.73 Å². The highest BCUT2D eigenvalue weighted by atomic mass is 35.5. The molecule has 0 spiro atoms. The topological polar surface area (TPSA) is 123 Å². The Hall–Kier alpha value is -2.97. The third kappa shape index (κ3) is 4.72. The van der Waals surface area contributed by atoms with Crippen LogP contribution in [0.3, 0.4) is 0 Å². The van der Waals surface area contributed by atoms with Gasteiger partial charge in [0.2, 0.25) is 5.95 Å². The molecule has 1 amide bonds. The standard InChI is InChI=1S/C20H22ClFN6O/c1-10(2)11-3-12(5-14(22)4-11)17(7-23)27-19(29)16-6-13(8-25-16)18-15(21)9-26-20(24)28-18/h3-6,8-10,17,25H,7,23H2,1-2H3,(H,27,29)(H2,24,26,28). The van der Waals surface area contributed by atoms with E-state index in [1.165, 1.54) is 18.3 Å². The lowest BCUT2D eigenvalue weighted by atomic mass is 9.97. The van der Waals surface area contributed by atoms with Gasteiger partial charge < -0.3 is 21.8 Å². The number of rotatable bonds is 6. The molecular formula is C20H22ClFN6O. The summed E-state index contributed by atoms with van der Waals surface area (Å²) in [5.41, 5.74) is 14.2. The Bertz CT molecular complexity index is 1040. The van der Waals surface area contributed by atoms with Crippen molar-refractivity contribution in [3.05, 3.63) is 64.3 Å². The first-order valence-corrected chi connectivity index (χ1v) is 9.44. The molecule has 3 aromatic rings. The fraction of sp³-hybridized carbons (Fsp3) is 0.250. The molecule has 0 saturated heterocycles. The van der Waals surface area contributed by atoms with Crippen LogP contribution >= 0.6 is 11.6 Å². The highest BCUT2D eigenvalue weighted by Gasteiger charge is 2.19. The Labute approximate surface area is 172 Å². The second kappa shape index (κ2) is 8.59. The zero-order valence-corrected chi connectivity index (χ0v) is 16.8. The highest BCUT2D eigenvalue weighted by molar-refractivity contribution is 6.32. The summed E-state index contributed by atoms with van der Waals surface area (Å²) in [6.07, 6.45) is 2.99. The smallest absolute Gasteiger partial charge is 0.268 e. The van der Waals surface area contributed by atoms with Gasteiger partial charge in [0.1, 0.15) is 11.5 Å². The van der Waals surface area contributed by atoms with Gasteiger partial charge in [0, 0.05) is 18.3 Å². The van der Waals surface area contributed by atoms with Crippen molar-refractivity contribution >= 4 is 23.5 Å². The number of nitrogens with zero attached hydrogens (tertiary/aromatic N) is 2. The number of halogens is 2. The minimum absolute atomic E-state index is 0.0758. The Morgan fingerprint density at radius 2 is 2.00 bits per heavy atom. The van der Waals surface area contributed by atoms with Gasteiger partial charge in [-0.1, -0.05) is 31.5 Å². The number of anilines is 1. The second-order valence-corrected chi connectivity index (χ2v) is 7.37. The van der Waals surface area contributed by atoms with Gasteiger partial charge in [-0.3, -0.25) is 4.79 Å². The molecule has 0 saturated carbocycles. The van der Waals surface area contributed by atoms with Crippen LogP contribution in [0.2, 0.25) is 5.02 Å². The molecule has 7 nitrogen and oxygen atoms in total. The molecular weight excluding hydrogens is 395 g/mol. The van der Waals surface area contributed by atoms with Gasteiger partial charge in [-0.25, -0.2) is 14.4 Å². The molecule has 2 aromatic heterocycles. The number of nitrogens with one attached hydrogen (secondary N) is 2. The second-order valence-electron chi connectivity index (χ2n) is 6.96. The largest absolute Gasteiger partial charge is 0.368 e. The Morgan fingerprint density at radius 1 is 1.28 bits per heavy atom. The number of benzene rings is 1. The molecule has 0 aliphatic heterocycles. The van der Waals surface area contributed by atoms with Gasteiger partial charge in [0.05, 0.1) is 23.0 Å². The van der Waals surface area contributed by atoms with Crippen molar-refractivity contribution in [1.82, 2.24) is 20.3 Å². The Balaban J connectivity index is 1.82. The van der Waals surface area contributed by atoms with E-state index in [9.17, 15) is 9.18 Å². The summed E-state index contributed by atoms with van der Waals surface area (Å²) in [5.74, 6) is -0.529. The average molecular weight is 417 g/mol. The van der Waals surface area contributed by atoms with E-state index < -0.39 is 6.04 Å². The molecule has 6 N–H and O–H groups in total. The summed E-state index contributed by atoms with van der Waals surface area (Å²) in [7, 11) is 0. The summed E-state index contributed by atoms with van der Waals surface area (Å²) in [6, 6.07) is 5.78. The predicted molar refractivity (Wildman–Crippen MR) is 111 cm³/mol. The lowest BCUT2D eigenvalue weighted by Crippen LogP contribution is -2.33. The van der Waals surface area contributed by atoms with Crippen LogP contribution in [0, 0.1) is 5.82 Å². The third-order valence-electron chi connectivity index (χ3n) is 4.52. The number of hydrogen-bond acceptors (Lipinski definition) is 5. The molecule has 0 bridgehead atoms. The molecule has 152 valence electrons. The number of carbonyl (C=O) groups excluding carboxylic acids is 1. The van der Waals surface area contributed by atoms with Gasteiger partial charge in [0.15, 0.2) is 0 Å². The number of nitrogen functional groups attached to an aromatic ring is 1. The fourth-order valence-corrected chi connectivity index (χ4v) is 3.13. The van der Waals surface area contributed by atoms with Crippen LogP contribution in [-0.4, -0.2) is 27.4 Å². The fourth-order valence-electron chi connectivity index (χ4n) is 2.93. The first-order valence-electron chi connectivity index (χ1n) is 9.06. The highest BCUT2D eigenvalue weighted by Crippen LogP contribution is 2.27. The third-order valence-corrected chi connectivity index (χ3v) is 4.79. The molecule has 0 aliphatic carbocycles. The zero-order valence-electron chi connectivity index (χ0n) is 16.0. The summed E-state index contributed by atoms with van der Waals surface area (Å²) < 4.78 is 14.0. The molecule has 29 heavy (non-hydrogen) atoms. The molecule has 0 fully saturated rings. The van der Waals surface area contributed by atoms with Crippen molar-refractivity contribution in [2.75, 3.05) is 12.3 Å². The SMILES string of the molecule is CC(C)c1cc(F)cc(C(CN)NC(=O)c2cc(-c3nc(N)ncc3Cl)c[nH]2)c1. The van der Waals surface area contributed by atoms with Crippen LogP contribution in [0.25, 0.3) is 11.3 Å². The van der Waals surface area contributed by atoms with E-state index in [4.69, 9.17) is 23.1 Å². The molecule has 1 unspecified atom stereocenters. The summed E-state index contributed by atoms with van der Waals surface area (Å²) in [6.45, 7) is 4.06. The molecule has 0 radical (unpaired) electrons. The maximum absolute atomic E-state index is 14.0. The summed E-state index contributed by atoms with van der Waals surface area (Å²) >= 11 is 6.11. The lowest BCUT2D eigenvalue weighted by Gasteiger charge is -2.19. The van der Waals surface area contributed by atoms with Crippen LogP contribution < -0.4 is 16.8 Å². The molecule has 0 aliphatic rings. The van der Waals surface area contributed by atoms with Gasteiger partial charge >= 0.3 is 0 Å². The summed E-state index contributed by atoms with van der Waals surface area (Å²) in [4.78, 5) is 23.5. The molecule has 1 atom stereocenters. The minimum Gasteiger partial charge on any atom is -0.368 e. The maximum atomic E-state index is 14.0. The van der Waals surface area contributed by atoms with E-state index >= 15 is 0 Å². The van der Waals surface area contributed by atoms with E-state index in [1.54, 1.807) is 12.3 Å². The molecule has 9 heteroatoms. The van der Waals surface area contributed by atoms with Gasteiger partial charge in [-0.05, 0) is 35.2 Å². The van der Waals surface area contributed by atoms with E-state index in [0.717, 1.165) is 5.56 Å². The minimum atomic E-state index is -0.541. The number of H-pyrrole nitrogens is 1. The van der Waals surface area contributed by atoms with Crippen LogP contribution in [0.4, 0.5) is 10.3 Å². The van der Waals surface area contributed by atoms with Gasteiger partial charge in [0.25, 0.3) is 5.91 Å². The number of amides is 1. The lowest BCUT2D eigenvalue weighted by molar-refractivity contribution is 0.0933. The van der Waals surface area contributed by atoms with Crippen molar-refractivity contribution in [1.29, 1.82) is 0 Å². The predicted octanol–water partition coefficient (Wildman–Crippen LogP) is 3.40. The van der Waals surface area contributed by atoms with E-state index in [-0.39, 0.29) is 35.8 Å². The van der Waals surface area contributed by atoms with E-state index in [0.29, 0.717) is 21.8 Å². The van der Waals surface area contributed by atoms with Crippen LogP contribution in [0.5, 0.6) is 0 Å².